The van der Waals surface area contributed by atoms with Crippen molar-refractivity contribution >= 4 is 17.0 Å². The summed E-state index contributed by atoms with van der Waals surface area (Å²) < 4.78 is 13.5. The van der Waals surface area contributed by atoms with Crippen LogP contribution in [-0.4, -0.2) is 100 Å². The van der Waals surface area contributed by atoms with Gasteiger partial charge in [0.1, 0.15) is 11.6 Å². The van der Waals surface area contributed by atoms with Crippen molar-refractivity contribution < 1.29 is 9.47 Å². The van der Waals surface area contributed by atoms with E-state index in [1.165, 1.54) is 6.42 Å². The van der Waals surface area contributed by atoms with Crippen molar-refractivity contribution in [1.29, 1.82) is 0 Å². The molecule has 0 N–H and O–H groups in total. The molecule has 2 aromatic heterocycles. The van der Waals surface area contributed by atoms with Crippen molar-refractivity contribution in [2.45, 2.75) is 59.2 Å². The van der Waals surface area contributed by atoms with Crippen molar-refractivity contribution in [3.05, 3.63) is 11.6 Å². The average molecular weight is 460 g/mol. The van der Waals surface area contributed by atoms with Gasteiger partial charge in [0, 0.05) is 52.4 Å². The molecular weight excluding hydrogens is 418 g/mol. The van der Waals surface area contributed by atoms with Gasteiger partial charge in [-0.3, -0.25) is 9.80 Å². The minimum Gasteiger partial charge on any atom is -0.378 e. The topological polar surface area (TPSA) is 71.8 Å². The quantitative estimate of drug-likeness (QED) is 0.689. The van der Waals surface area contributed by atoms with Crippen LogP contribution in [0, 0.1) is 6.92 Å². The molecule has 184 valence electrons. The van der Waals surface area contributed by atoms with E-state index < -0.39 is 0 Å². The molecule has 9 heteroatoms. The summed E-state index contributed by atoms with van der Waals surface area (Å²) in [5.41, 5.74) is 1.79. The zero-order valence-electron chi connectivity index (χ0n) is 21.3. The van der Waals surface area contributed by atoms with E-state index >= 15 is 0 Å². The molecule has 2 aromatic rings. The first-order valence-electron chi connectivity index (χ1n) is 12.4. The maximum absolute atomic E-state index is 5.86. The molecule has 0 aromatic carbocycles. The van der Waals surface area contributed by atoms with Crippen LogP contribution in [0.1, 0.15) is 45.8 Å². The van der Waals surface area contributed by atoms with Crippen LogP contribution in [0.4, 0.5) is 5.82 Å². The molecule has 9 nitrogen and oxygen atoms in total. The number of aromatic nitrogens is 4. The summed E-state index contributed by atoms with van der Waals surface area (Å²) in [6, 6.07) is 0.619. The van der Waals surface area contributed by atoms with Crippen LogP contribution in [0.2, 0.25) is 0 Å². The minimum atomic E-state index is -0.0392. The number of hydrogen-bond donors (Lipinski definition) is 0. The molecule has 5 heterocycles. The predicted molar refractivity (Wildman–Crippen MR) is 131 cm³/mol. The lowest BCUT2D eigenvalue weighted by molar-refractivity contribution is -0.116. The number of hydrogen-bond acceptors (Lipinski definition) is 8. The highest BCUT2D eigenvalue weighted by molar-refractivity contribution is 5.84. The largest absolute Gasteiger partial charge is 0.378 e. The number of morpholine rings is 2. The second-order valence-corrected chi connectivity index (χ2v) is 10.1. The van der Waals surface area contributed by atoms with Crippen molar-refractivity contribution in [3.63, 3.8) is 0 Å². The first-order chi connectivity index (χ1) is 15.8. The van der Waals surface area contributed by atoms with Gasteiger partial charge in [-0.25, -0.2) is 15.0 Å². The third-order valence-corrected chi connectivity index (χ3v) is 6.49. The SMILES string of the molecule is CCC.Cc1nc(N2CCOCC2)c2nc(CN3CC(N4CCOC(C)(C)C4)C3)n(C)c2n1. The molecule has 0 radical (unpaired) electrons. The molecule has 0 bridgehead atoms. The van der Waals surface area contributed by atoms with Crippen LogP contribution < -0.4 is 4.90 Å². The normalized spacial score (nSPS) is 22.2. The van der Waals surface area contributed by atoms with E-state index in [0.717, 1.165) is 94.3 Å². The van der Waals surface area contributed by atoms with E-state index in [2.05, 4.69) is 54.0 Å². The second kappa shape index (κ2) is 10.2. The van der Waals surface area contributed by atoms with E-state index in [-0.39, 0.29) is 5.60 Å². The van der Waals surface area contributed by atoms with Gasteiger partial charge in [0.2, 0.25) is 0 Å². The Bertz CT molecular complexity index is 933. The molecule has 0 spiro atoms. The highest BCUT2D eigenvalue weighted by atomic mass is 16.5. The molecule has 33 heavy (non-hydrogen) atoms. The van der Waals surface area contributed by atoms with E-state index in [1.807, 2.05) is 6.92 Å². The lowest BCUT2D eigenvalue weighted by Gasteiger charge is -2.49. The molecule has 3 aliphatic rings. The third kappa shape index (κ3) is 5.48. The van der Waals surface area contributed by atoms with Crippen molar-refractivity contribution in [1.82, 2.24) is 29.3 Å². The van der Waals surface area contributed by atoms with Crippen molar-refractivity contribution in [2.75, 3.05) is 64.0 Å². The Hall–Kier alpha value is -1.81. The fraction of sp³-hybridized carbons (Fsp3) is 0.792. The van der Waals surface area contributed by atoms with Gasteiger partial charge in [0.15, 0.2) is 17.0 Å². The highest BCUT2D eigenvalue weighted by Gasteiger charge is 2.37. The zero-order chi connectivity index (χ0) is 23.6. The number of nitrogens with zero attached hydrogens (tertiary/aromatic N) is 7. The zero-order valence-corrected chi connectivity index (χ0v) is 21.3. The molecule has 0 amide bonds. The van der Waals surface area contributed by atoms with Gasteiger partial charge in [-0.05, 0) is 20.8 Å². The summed E-state index contributed by atoms with van der Waals surface area (Å²) in [4.78, 5) is 21.8. The summed E-state index contributed by atoms with van der Waals surface area (Å²) in [5, 5.41) is 0. The van der Waals surface area contributed by atoms with Crippen LogP contribution in [0.5, 0.6) is 0 Å². The standard InChI is InChI=1S/C21H33N7O2.C3H8/c1-15-22-19-18(20(23-15)27-5-8-29-9-6-27)24-17(25(19)4)13-26-11-16(12-26)28-7-10-30-21(2,3)14-28;1-3-2/h16H,5-14H2,1-4H3;3H2,1-2H3. The summed E-state index contributed by atoms with van der Waals surface area (Å²) in [7, 11) is 2.07. The van der Waals surface area contributed by atoms with Gasteiger partial charge in [-0.1, -0.05) is 20.3 Å². The molecule has 0 saturated carbocycles. The highest BCUT2D eigenvalue weighted by Crippen LogP contribution is 2.27. The van der Waals surface area contributed by atoms with Gasteiger partial charge < -0.3 is 18.9 Å². The van der Waals surface area contributed by atoms with Crippen molar-refractivity contribution in [2.24, 2.45) is 7.05 Å². The Morgan fingerprint density at radius 2 is 1.70 bits per heavy atom. The van der Waals surface area contributed by atoms with Gasteiger partial charge in [-0.2, -0.15) is 0 Å². The summed E-state index contributed by atoms with van der Waals surface area (Å²) >= 11 is 0. The van der Waals surface area contributed by atoms with Crippen LogP contribution in [0.25, 0.3) is 11.2 Å². The maximum atomic E-state index is 5.86. The van der Waals surface area contributed by atoms with Crippen LogP contribution in [0.15, 0.2) is 0 Å². The third-order valence-electron chi connectivity index (χ3n) is 6.49. The summed E-state index contributed by atoms with van der Waals surface area (Å²) in [5.74, 6) is 2.79. The Morgan fingerprint density at radius 3 is 2.36 bits per heavy atom. The van der Waals surface area contributed by atoms with Crippen LogP contribution in [-0.2, 0) is 23.1 Å². The Labute approximate surface area is 198 Å². The Kier molecular flexibility index (Phi) is 7.53. The average Bonchev–Trinajstić information content (AvgIpc) is 3.06. The monoisotopic (exact) mass is 459 g/mol. The minimum absolute atomic E-state index is 0.0392. The smallest absolute Gasteiger partial charge is 0.165 e. The van der Waals surface area contributed by atoms with E-state index in [1.54, 1.807) is 0 Å². The molecule has 5 rings (SSSR count). The van der Waals surface area contributed by atoms with Gasteiger partial charge in [0.25, 0.3) is 0 Å². The van der Waals surface area contributed by atoms with E-state index in [4.69, 9.17) is 24.4 Å². The lowest BCUT2D eigenvalue weighted by atomic mass is 10.0. The van der Waals surface area contributed by atoms with E-state index in [9.17, 15) is 0 Å². The molecule has 3 fully saturated rings. The molecule has 0 atom stereocenters. The fourth-order valence-corrected chi connectivity index (χ4v) is 4.80. The van der Waals surface area contributed by atoms with Crippen LogP contribution in [0.3, 0.4) is 0 Å². The van der Waals surface area contributed by atoms with Gasteiger partial charge in [0.05, 0.1) is 32.0 Å². The van der Waals surface area contributed by atoms with Gasteiger partial charge in [-0.15, -0.1) is 0 Å². The lowest BCUT2D eigenvalue weighted by Crippen LogP contribution is -2.63. The Morgan fingerprint density at radius 1 is 1.00 bits per heavy atom. The predicted octanol–water partition coefficient (Wildman–Crippen LogP) is 2.22. The van der Waals surface area contributed by atoms with Crippen LogP contribution >= 0.6 is 0 Å². The molecule has 0 unspecified atom stereocenters. The number of ether oxygens (including phenoxy) is 2. The summed E-state index contributed by atoms with van der Waals surface area (Å²) in [6.45, 7) is 19.6. The molecule has 0 aliphatic carbocycles. The number of fused-ring (bicyclic) bond motifs is 1. The van der Waals surface area contributed by atoms with E-state index in [0.29, 0.717) is 6.04 Å². The second-order valence-electron chi connectivity index (χ2n) is 10.1. The maximum Gasteiger partial charge on any atom is 0.165 e. The first kappa shape index (κ1) is 24.3. The van der Waals surface area contributed by atoms with Gasteiger partial charge >= 0.3 is 0 Å². The molecule has 3 saturated heterocycles. The fourth-order valence-electron chi connectivity index (χ4n) is 4.80. The number of anilines is 1. The number of rotatable bonds is 4. The first-order valence-corrected chi connectivity index (χ1v) is 12.4. The summed E-state index contributed by atoms with van der Waals surface area (Å²) in [6.07, 6.45) is 1.25. The van der Waals surface area contributed by atoms with Crippen molar-refractivity contribution in [3.8, 4) is 0 Å². The molecule has 3 aliphatic heterocycles. The Balaban J connectivity index is 0.000000821. The molecular formula is C24H41N7O2. The number of imidazole rings is 1. The number of likely N-dealkylation sites (tertiary alicyclic amines) is 1. The number of aryl methyl sites for hydroxylation is 2.